The van der Waals surface area contributed by atoms with Gasteiger partial charge in [0.15, 0.2) is 0 Å². The van der Waals surface area contributed by atoms with Gasteiger partial charge in [-0.3, -0.25) is 9.36 Å². The molecule has 3 nitrogen and oxygen atoms in total. The highest BCUT2D eigenvalue weighted by Gasteiger charge is 2.07. The van der Waals surface area contributed by atoms with Gasteiger partial charge < -0.3 is 0 Å². The molecule has 94 valence electrons. The number of unbranched alkanes of at least 4 members (excludes halogenated alkanes) is 1. The van der Waals surface area contributed by atoms with Gasteiger partial charge in [0, 0.05) is 24.2 Å². The number of pyridine rings is 2. The maximum Gasteiger partial charge on any atom is 0.252 e. The van der Waals surface area contributed by atoms with E-state index in [4.69, 9.17) is 0 Å². The summed E-state index contributed by atoms with van der Waals surface area (Å²) < 4.78 is 1.76. The topological polar surface area (TPSA) is 34.9 Å². The lowest BCUT2D eigenvalue weighted by atomic mass is 10.1. The Hall–Kier alpha value is -1.90. The number of rotatable bonds is 4. The van der Waals surface area contributed by atoms with E-state index in [1.165, 1.54) is 5.56 Å². The molecule has 0 spiro atoms. The van der Waals surface area contributed by atoms with E-state index in [1.807, 2.05) is 25.3 Å². The van der Waals surface area contributed by atoms with Crippen LogP contribution < -0.4 is 5.56 Å². The largest absolute Gasteiger partial charge is 0.293 e. The van der Waals surface area contributed by atoms with Crippen molar-refractivity contribution in [1.82, 2.24) is 9.55 Å². The molecule has 2 aromatic rings. The van der Waals surface area contributed by atoms with E-state index < -0.39 is 0 Å². The Bertz CT molecular complexity index is 641. The minimum atomic E-state index is 0.0160. The molecule has 0 unspecified atom stereocenters. The summed E-state index contributed by atoms with van der Waals surface area (Å²) in [6, 6.07) is 3.50. The van der Waals surface area contributed by atoms with Crippen LogP contribution in [0.5, 0.6) is 0 Å². The standard InChI is InChI=1S/C15H18N2O/c1-4-5-6-9-17-14(18)8-7-13-12(3)11(2)10-16-15(13)17/h4,7-8,10H,1,5-6,9H2,2-3H3. The second-order valence-electron chi connectivity index (χ2n) is 4.56. The summed E-state index contributed by atoms with van der Waals surface area (Å²) in [6.45, 7) is 8.50. The number of aryl methyl sites for hydroxylation is 3. The van der Waals surface area contributed by atoms with Gasteiger partial charge in [-0.2, -0.15) is 0 Å². The molecule has 2 rings (SSSR count). The Kier molecular flexibility index (Phi) is 3.60. The summed E-state index contributed by atoms with van der Waals surface area (Å²) in [4.78, 5) is 16.3. The molecule has 0 bridgehead atoms. The summed E-state index contributed by atoms with van der Waals surface area (Å²) in [6.07, 6.45) is 5.53. The van der Waals surface area contributed by atoms with E-state index in [9.17, 15) is 4.79 Å². The van der Waals surface area contributed by atoms with Crippen LogP contribution in [0.3, 0.4) is 0 Å². The maximum absolute atomic E-state index is 11.9. The van der Waals surface area contributed by atoms with Crippen molar-refractivity contribution in [2.24, 2.45) is 0 Å². The summed E-state index contributed by atoms with van der Waals surface area (Å²) in [5.41, 5.74) is 3.15. The highest BCUT2D eigenvalue weighted by atomic mass is 16.1. The number of hydrogen-bond donors (Lipinski definition) is 0. The molecule has 18 heavy (non-hydrogen) atoms. The van der Waals surface area contributed by atoms with Crippen LogP contribution in [0.4, 0.5) is 0 Å². The second kappa shape index (κ2) is 5.17. The highest BCUT2D eigenvalue weighted by molar-refractivity contribution is 5.79. The molecule has 0 saturated carbocycles. The van der Waals surface area contributed by atoms with Crippen LogP contribution in [0.15, 0.2) is 35.8 Å². The van der Waals surface area contributed by atoms with E-state index in [-0.39, 0.29) is 5.56 Å². The molecule has 3 heteroatoms. The van der Waals surface area contributed by atoms with Crippen LogP contribution in [-0.2, 0) is 6.54 Å². The van der Waals surface area contributed by atoms with Crippen molar-refractivity contribution < 1.29 is 0 Å². The highest BCUT2D eigenvalue weighted by Crippen LogP contribution is 2.17. The van der Waals surface area contributed by atoms with Gasteiger partial charge in [0.25, 0.3) is 5.56 Å². The Labute approximate surface area is 107 Å². The summed E-state index contributed by atoms with van der Waals surface area (Å²) in [5.74, 6) is 0. The van der Waals surface area contributed by atoms with Crippen molar-refractivity contribution in [2.45, 2.75) is 33.2 Å². The summed E-state index contributed by atoms with van der Waals surface area (Å²) in [7, 11) is 0. The molecule has 2 aromatic heterocycles. The zero-order valence-corrected chi connectivity index (χ0v) is 10.9. The lowest BCUT2D eigenvalue weighted by Gasteiger charge is -2.11. The molecule has 0 aliphatic rings. The third kappa shape index (κ3) is 2.21. The van der Waals surface area contributed by atoms with Crippen LogP contribution >= 0.6 is 0 Å². The first-order chi connectivity index (χ1) is 8.65. The lowest BCUT2D eigenvalue weighted by molar-refractivity contribution is 0.644. The molecule has 0 atom stereocenters. The Morgan fingerprint density at radius 1 is 1.39 bits per heavy atom. The smallest absolute Gasteiger partial charge is 0.252 e. The average Bonchev–Trinajstić information content (AvgIpc) is 2.36. The molecular formula is C15H18N2O. The van der Waals surface area contributed by atoms with Crippen LogP contribution in [0.25, 0.3) is 11.0 Å². The fourth-order valence-electron chi connectivity index (χ4n) is 2.08. The van der Waals surface area contributed by atoms with Crippen molar-refractivity contribution in [1.29, 1.82) is 0 Å². The van der Waals surface area contributed by atoms with Gasteiger partial charge in [0.1, 0.15) is 5.65 Å². The Morgan fingerprint density at radius 2 is 2.17 bits per heavy atom. The SMILES string of the molecule is C=CCCCn1c(=O)ccc2c(C)c(C)cnc21. The van der Waals surface area contributed by atoms with E-state index in [2.05, 4.69) is 18.5 Å². The molecule has 0 aromatic carbocycles. The molecule has 2 heterocycles. The number of fused-ring (bicyclic) bond motifs is 1. The number of allylic oxidation sites excluding steroid dienone is 1. The fourth-order valence-corrected chi connectivity index (χ4v) is 2.08. The Balaban J connectivity index is 2.57. The third-order valence-electron chi connectivity index (χ3n) is 3.32. The number of aromatic nitrogens is 2. The quantitative estimate of drug-likeness (QED) is 0.610. The van der Waals surface area contributed by atoms with Crippen LogP contribution in [0.1, 0.15) is 24.0 Å². The van der Waals surface area contributed by atoms with Gasteiger partial charge >= 0.3 is 0 Å². The second-order valence-corrected chi connectivity index (χ2v) is 4.56. The van der Waals surface area contributed by atoms with Gasteiger partial charge in [-0.15, -0.1) is 6.58 Å². The average molecular weight is 242 g/mol. The summed E-state index contributed by atoms with van der Waals surface area (Å²) >= 11 is 0. The van der Waals surface area contributed by atoms with Gasteiger partial charge in [0.05, 0.1) is 0 Å². The Morgan fingerprint density at radius 3 is 2.89 bits per heavy atom. The minimum Gasteiger partial charge on any atom is -0.293 e. The van der Waals surface area contributed by atoms with Gasteiger partial charge in [-0.1, -0.05) is 6.08 Å². The van der Waals surface area contributed by atoms with Crippen molar-refractivity contribution in [2.75, 3.05) is 0 Å². The van der Waals surface area contributed by atoms with Gasteiger partial charge in [-0.25, -0.2) is 4.98 Å². The first-order valence-corrected chi connectivity index (χ1v) is 6.22. The normalized spacial score (nSPS) is 10.8. The monoisotopic (exact) mass is 242 g/mol. The summed E-state index contributed by atoms with van der Waals surface area (Å²) in [5, 5.41) is 1.06. The van der Waals surface area contributed by atoms with E-state index in [0.29, 0.717) is 6.54 Å². The first-order valence-electron chi connectivity index (χ1n) is 6.22. The molecule has 0 aliphatic carbocycles. The minimum absolute atomic E-state index is 0.0160. The van der Waals surface area contributed by atoms with Gasteiger partial charge in [0.2, 0.25) is 0 Å². The van der Waals surface area contributed by atoms with E-state index in [0.717, 1.165) is 29.4 Å². The molecule has 0 amide bonds. The molecular weight excluding hydrogens is 224 g/mol. The predicted molar refractivity (Wildman–Crippen MR) is 74.9 cm³/mol. The molecule has 0 N–H and O–H groups in total. The van der Waals surface area contributed by atoms with E-state index >= 15 is 0 Å². The lowest BCUT2D eigenvalue weighted by Crippen LogP contribution is -2.20. The third-order valence-corrected chi connectivity index (χ3v) is 3.32. The van der Waals surface area contributed by atoms with E-state index in [1.54, 1.807) is 10.6 Å². The maximum atomic E-state index is 11.9. The number of hydrogen-bond acceptors (Lipinski definition) is 2. The molecule has 0 fully saturated rings. The van der Waals surface area contributed by atoms with Crippen molar-refractivity contribution >= 4 is 11.0 Å². The van der Waals surface area contributed by atoms with Crippen LogP contribution in [0, 0.1) is 13.8 Å². The van der Waals surface area contributed by atoms with Crippen molar-refractivity contribution in [3.05, 3.63) is 52.5 Å². The zero-order chi connectivity index (χ0) is 13.1. The molecule has 0 radical (unpaired) electrons. The zero-order valence-electron chi connectivity index (χ0n) is 10.9. The molecule has 0 aliphatic heterocycles. The van der Waals surface area contributed by atoms with Crippen molar-refractivity contribution in [3.63, 3.8) is 0 Å². The van der Waals surface area contributed by atoms with Gasteiger partial charge in [-0.05, 0) is 43.9 Å². The van der Waals surface area contributed by atoms with Crippen LogP contribution in [-0.4, -0.2) is 9.55 Å². The predicted octanol–water partition coefficient (Wildman–Crippen LogP) is 2.98. The molecule has 0 saturated heterocycles. The first kappa shape index (κ1) is 12.6. The van der Waals surface area contributed by atoms with Crippen molar-refractivity contribution in [3.8, 4) is 0 Å². The fraction of sp³-hybridized carbons (Fsp3) is 0.333. The van der Waals surface area contributed by atoms with Crippen LogP contribution in [0.2, 0.25) is 0 Å². The number of nitrogens with zero attached hydrogens (tertiary/aromatic N) is 2.